The van der Waals surface area contributed by atoms with Crippen LogP contribution in [-0.2, 0) is 0 Å². The molecule has 1 aliphatic carbocycles. The molecule has 0 aromatic heterocycles. The van der Waals surface area contributed by atoms with Gasteiger partial charge in [0.2, 0.25) is 0 Å². The molecule has 2 nitrogen and oxygen atoms in total. The van der Waals surface area contributed by atoms with Gasteiger partial charge in [-0.3, -0.25) is 0 Å². The Morgan fingerprint density at radius 3 is 2.42 bits per heavy atom. The fourth-order valence-electron chi connectivity index (χ4n) is 3.14. The molecular formula is C17H18N2. The van der Waals surface area contributed by atoms with Crippen LogP contribution in [0.3, 0.4) is 0 Å². The van der Waals surface area contributed by atoms with Crippen molar-refractivity contribution in [2.75, 3.05) is 14.1 Å². The van der Waals surface area contributed by atoms with Crippen molar-refractivity contribution in [3.05, 3.63) is 48.0 Å². The third-order valence-corrected chi connectivity index (χ3v) is 4.17. The van der Waals surface area contributed by atoms with E-state index in [1.807, 2.05) is 0 Å². The highest BCUT2D eigenvalue weighted by atomic mass is 15.1. The molecule has 1 unspecified atom stereocenters. The second-order valence-electron chi connectivity index (χ2n) is 5.70. The van der Waals surface area contributed by atoms with Crippen molar-refractivity contribution in [1.29, 1.82) is 5.26 Å². The molecule has 1 fully saturated rings. The van der Waals surface area contributed by atoms with Gasteiger partial charge in [0.15, 0.2) is 0 Å². The first kappa shape index (κ1) is 12.2. The summed E-state index contributed by atoms with van der Waals surface area (Å²) in [5.74, 6) is 0. The molecule has 19 heavy (non-hydrogen) atoms. The number of benzene rings is 2. The maximum atomic E-state index is 9.53. The molecular weight excluding hydrogens is 232 g/mol. The van der Waals surface area contributed by atoms with Crippen molar-refractivity contribution in [1.82, 2.24) is 4.90 Å². The van der Waals surface area contributed by atoms with Gasteiger partial charge in [0.1, 0.15) is 0 Å². The molecule has 2 aromatic carbocycles. The largest absolute Gasteiger partial charge is 0.301 e. The van der Waals surface area contributed by atoms with Gasteiger partial charge in [0, 0.05) is 0 Å². The minimum atomic E-state index is -0.187. The minimum Gasteiger partial charge on any atom is -0.301 e. The number of nitriles is 1. The van der Waals surface area contributed by atoms with Gasteiger partial charge in [-0.2, -0.15) is 5.26 Å². The quantitative estimate of drug-likeness (QED) is 0.829. The number of hydrogen-bond acceptors (Lipinski definition) is 2. The Hall–Kier alpha value is -1.85. The first-order valence-electron chi connectivity index (χ1n) is 6.73. The van der Waals surface area contributed by atoms with Crippen molar-refractivity contribution < 1.29 is 0 Å². The average Bonchev–Trinajstić information content (AvgIpc) is 3.20. The van der Waals surface area contributed by atoms with Gasteiger partial charge in [0.05, 0.1) is 17.5 Å². The highest BCUT2D eigenvalue weighted by Crippen LogP contribution is 2.57. The number of fused-ring (bicyclic) bond motifs is 1. The van der Waals surface area contributed by atoms with Gasteiger partial charge < -0.3 is 4.90 Å². The molecule has 2 aromatic rings. The molecule has 0 spiro atoms. The first-order valence-corrected chi connectivity index (χ1v) is 6.73. The normalized spacial score (nSPS) is 18.2. The lowest BCUT2D eigenvalue weighted by Gasteiger charge is -2.30. The van der Waals surface area contributed by atoms with Gasteiger partial charge in [-0.25, -0.2) is 0 Å². The zero-order valence-electron chi connectivity index (χ0n) is 11.4. The van der Waals surface area contributed by atoms with Crippen molar-refractivity contribution in [2.24, 2.45) is 5.41 Å². The number of rotatable bonds is 3. The maximum absolute atomic E-state index is 9.53. The van der Waals surface area contributed by atoms with E-state index in [1.54, 1.807) is 0 Å². The van der Waals surface area contributed by atoms with Crippen LogP contribution >= 0.6 is 0 Å². The molecule has 0 radical (unpaired) electrons. The lowest BCUT2D eigenvalue weighted by atomic mass is 9.87. The summed E-state index contributed by atoms with van der Waals surface area (Å²) in [6.07, 6.45) is 2.02. The molecule has 96 valence electrons. The summed E-state index contributed by atoms with van der Waals surface area (Å²) >= 11 is 0. The third-order valence-electron chi connectivity index (χ3n) is 4.17. The predicted molar refractivity (Wildman–Crippen MR) is 77.7 cm³/mol. The molecule has 1 aliphatic rings. The number of nitrogens with zero attached hydrogens (tertiary/aromatic N) is 2. The third kappa shape index (κ3) is 1.91. The average molecular weight is 250 g/mol. The summed E-state index contributed by atoms with van der Waals surface area (Å²) in [7, 11) is 4.15. The van der Waals surface area contributed by atoms with E-state index >= 15 is 0 Å². The Bertz CT molecular complexity index is 642. The van der Waals surface area contributed by atoms with Gasteiger partial charge >= 0.3 is 0 Å². The summed E-state index contributed by atoms with van der Waals surface area (Å²) in [6.45, 7) is 0. The fraction of sp³-hybridized carbons (Fsp3) is 0.353. The van der Waals surface area contributed by atoms with Crippen molar-refractivity contribution in [3.8, 4) is 6.07 Å². The second kappa shape index (κ2) is 4.36. The van der Waals surface area contributed by atoms with E-state index < -0.39 is 0 Å². The van der Waals surface area contributed by atoms with E-state index in [-0.39, 0.29) is 11.5 Å². The molecule has 0 bridgehead atoms. The van der Waals surface area contributed by atoms with Gasteiger partial charge in [-0.1, -0.05) is 42.5 Å². The zero-order chi connectivity index (χ0) is 13.5. The van der Waals surface area contributed by atoms with Crippen LogP contribution in [0.15, 0.2) is 42.5 Å². The summed E-state index contributed by atoms with van der Waals surface area (Å²) in [5.41, 5.74) is 1.09. The second-order valence-corrected chi connectivity index (χ2v) is 5.70. The van der Waals surface area contributed by atoms with Crippen LogP contribution in [-0.4, -0.2) is 19.0 Å². The zero-order valence-corrected chi connectivity index (χ0v) is 11.4. The van der Waals surface area contributed by atoms with Crippen LogP contribution in [0.2, 0.25) is 0 Å². The Morgan fingerprint density at radius 1 is 1.11 bits per heavy atom. The minimum absolute atomic E-state index is 0.184. The van der Waals surface area contributed by atoms with E-state index in [1.165, 1.54) is 16.3 Å². The summed E-state index contributed by atoms with van der Waals surface area (Å²) in [5, 5.41) is 12.1. The Kier molecular flexibility index (Phi) is 2.80. The predicted octanol–water partition coefficient (Wildman–Crippen LogP) is 3.75. The maximum Gasteiger partial charge on any atom is 0.0771 e. The standard InChI is InChI=1S/C17H18N2/c1-19(2)16(17(12-18)10-11-17)15-9-5-7-13-6-3-4-8-14(13)15/h3-9,16H,10-11H2,1-2H3. The lowest BCUT2D eigenvalue weighted by molar-refractivity contribution is 0.234. The van der Waals surface area contributed by atoms with E-state index in [9.17, 15) is 5.26 Å². The molecule has 0 saturated heterocycles. The molecule has 3 rings (SSSR count). The SMILES string of the molecule is CN(C)C(c1cccc2ccccc12)C1(C#N)CC1. The highest BCUT2D eigenvalue weighted by molar-refractivity contribution is 5.86. The van der Waals surface area contributed by atoms with Gasteiger partial charge in [-0.05, 0) is 43.3 Å². The Labute approximate surface area is 114 Å². The van der Waals surface area contributed by atoms with E-state index in [0.717, 1.165) is 12.8 Å². The summed E-state index contributed by atoms with van der Waals surface area (Å²) in [4.78, 5) is 2.19. The van der Waals surface area contributed by atoms with Crippen molar-refractivity contribution >= 4 is 10.8 Å². The number of hydrogen-bond donors (Lipinski definition) is 0. The topological polar surface area (TPSA) is 27.0 Å². The molecule has 0 aliphatic heterocycles. The lowest BCUT2D eigenvalue weighted by Crippen LogP contribution is -2.28. The van der Waals surface area contributed by atoms with Crippen LogP contribution in [0.25, 0.3) is 10.8 Å². The van der Waals surface area contributed by atoms with Crippen LogP contribution < -0.4 is 0 Å². The monoisotopic (exact) mass is 250 g/mol. The Morgan fingerprint density at radius 2 is 1.79 bits per heavy atom. The molecule has 0 N–H and O–H groups in total. The molecule has 0 heterocycles. The van der Waals surface area contributed by atoms with E-state index in [2.05, 4.69) is 67.5 Å². The van der Waals surface area contributed by atoms with Crippen molar-refractivity contribution in [3.63, 3.8) is 0 Å². The van der Waals surface area contributed by atoms with E-state index in [0.29, 0.717) is 0 Å². The molecule has 1 saturated carbocycles. The molecule has 1 atom stereocenters. The highest BCUT2D eigenvalue weighted by Gasteiger charge is 2.51. The van der Waals surface area contributed by atoms with Gasteiger partial charge in [0.25, 0.3) is 0 Å². The van der Waals surface area contributed by atoms with Crippen molar-refractivity contribution in [2.45, 2.75) is 18.9 Å². The van der Waals surface area contributed by atoms with Crippen LogP contribution in [0.4, 0.5) is 0 Å². The van der Waals surface area contributed by atoms with Crippen LogP contribution in [0.1, 0.15) is 24.4 Å². The first-order chi connectivity index (χ1) is 9.18. The smallest absolute Gasteiger partial charge is 0.0771 e. The molecule has 0 amide bonds. The fourth-order valence-corrected chi connectivity index (χ4v) is 3.14. The molecule has 2 heteroatoms. The van der Waals surface area contributed by atoms with Crippen LogP contribution in [0.5, 0.6) is 0 Å². The Balaban J connectivity index is 2.19. The van der Waals surface area contributed by atoms with Gasteiger partial charge in [-0.15, -0.1) is 0 Å². The van der Waals surface area contributed by atoms with Crippen LogP contribution in [0, 0.1) is 16.7 Å². The summed E-state index contributed by atoms with van der Waals surface area (Å²) < 4.78 is 0. The van der Waals surface area contributed by atoms with E-state index in [4.69, 9.17) is 0 Å². The summed E-state index contributed by atoms with van der Waals surface area (Å²) in [6, 6.07) is 17.6.